The number of tetrazole rings is 1. The van der Waals surface area contributed by atoms with Crippen LogP contribution in [0.15, 0.2) is 60.9 Å². The van der Waals surface area contributed by atoms with E-state index in [2.05, 4.69) is 20.8 Å². The summed E-state index contributed by atoms with van der Waals surface area (Å²) >= 11 is 0. The molecular formula is C18H17N5O3. The van der Waals surface area contributed by atoms with Crippen LogP contribution in [0.2, 0.25) is 0 Å². The van der Waals surface area contributed by atoms with Crippen molar-refractivity contribution in [2.24, 2.45) is 0 Å². The number of rotatable bonds is 6. The first-order valence-corrected chi connectivity index (χ1v) is 7.93. The molecule has 1 amide bonds. The van der Waals surface area contributed by atoms with Crippen LogP contribution in [0.4, 0.5) is 0 Å². The maximum atomic E-state index is 12.5. The van der Waals surface area contributed by atoms with Crippen LogP contribution in [0.5, 0.6) is 0 Å². The van der Waals surface area contributed by atoms with Gasteiger partial charge in [-0.1, -0.05) is 30.3 Å². The maximum absolute atomic E-state index is 12.5. The van der Waals surface area contributed by atoms with Crippen LogP contribution in [0.3, 0.4) is 0 Å². The van der Waals surface area contributed by atoms with Crippen LogP contribution in [0, 0.1) is 0 Å². The molecule has 26 heavy (non-hydrogen) atoms. The fraction of sp³-hybridized carbons (Fsp3) is 0.167. The van der Waals surface area contributed by atoms with Gasteiger partial charge in [-0.2, -0.15) is 0 Å². The molecule has 1 aromatic heterocycles. The first kappa shape index (κ1) is 17.3. The topological polar surface area (TPSA) is 99.0 Å². The minimum atomic E-state index is -0.769. The quantitative estimate of drug-likeness (QED) is 0.670. The van der Waals surface area contributed by atoms with E-state index in [4.69, 9.17) is 4.74 Å². The van der Waals surface area contributed by atoms with Crippen LogP contribution in [0.1, 0.15) is 15.9 Å². The van der Waals surface area contributed by atoms with Gasteiger partial charge in [0.05, 0.1) is 12.8 Å². The molecular weight excluding hydrogens is 334 g/mol. The highest BCUT2D eigenvalue weighted by Crippen LogP contribution is 2.10. The summed E-state index contributed by atoms with van der Waals surface area (Å²) in [6, 6.07) is 15.4. The number of carbonyl (C=O) groups excluding carboxylic acids is 2. The van der Waals surface area contributed by atoms with Crippen LogP contribution < -0.4 is 5.32 Å². The molecule has 8 heteroatoms. The number of nitrogens with one attached hydrogen (secondary N) is 1. The number of hydrogen-bond donors (Lipinski definition) is 1. The second-order valence-corrected chi connectivity index (χ2v) is 5.54. The normalized spacial score (nSPS) is 11.6. The summed E-state index contributed by atoms with van der Waals surface area (Å²) in [7, 11) is 1.30. The summed E-state index contributed by atoms with van der Waals surface area (Å²) in [6.45, 7) is 0. The number of nitrogens with zero attached hydrogens (tertiary/aromatic N) is 4. The molecule has 132 valence electrons. The van der Waals surface area contributed by atoms with Gasteiger partial charge in [0.1, 0.15) is 12.4 Å². The van der Waals surface area contributed by atoms with Gasteiger partial charge < -0.3 is 10.1 Å². The Hall–Kier alpha value is -3.55. The van der Waals surface area contributed by atoms with Crippen molar-refractivity contribution in [3.63, 3.8) is 0 Å². The predicted molar refractivity (Wildman–Crippen MR) is 92.6 cm³/mol. The predicted octanol–water partition coefficient (Wildman–Crippen LogP) is 1.18. The van der Waals surface area contributed by atoms with E-state index < -0.39 is 12.0 Å². The molecule has 0 radical (unpaired) electrons. The molecule has 3 rings (SSSR count). The molecule has 0 bridgehead atoms. The lowest BCUT2D eigenvalue weighted by molar-refractivity contribution is -0.142. The summed E-state index contributed by atoms with van der Waals surface area (Å²) in [4.78, 5) is 24.5. The second kappa shape index (κ2) is 8.02. The lowest BCUT2D eigenvalue weighted by Gasteiger charge is -2.16. The fourth-order valence-electron chi connectivity index (χ4n) is 2.47. The number of methoxy groups -OCH3 is 1. The van der Waals surface area contributed by atoms with Gasteiger partial charge in [0.25, 0.3) is 5.91 Å². The maximum Gasteiger partial charge on any atom is 0.328 e. The smallest absolute Gasteiger partial charge is 0.328 e. The molecule has 8 nitrogen and oxygen atoms in total. The van der Waals surface area contributed by atoms with E-state index in [0.29, 0.717) is 12.0 Å². The van der Waals surface area contributed by atoms with Gasteiger partial charge in [0, 0.05) is 12.0 Å². The van der Waals surface area contributed by atoms with E-state index in [1.165, 1.54) is 18.1 Å². The average molecular weight is 351 g/mol. The van der Waals surface area contributed by atoms with Gasteiger partial charge in [-0.05, 0) is 40.3 Å². The summed E-state index contributed by atoms with van der Waals surface area (Å²) in [5.74, 6) is -0.855. The summed E-state index contributed by atoms with van der Waals surface area (Å²) in [6.07, 6.45) is 1.81. The number of carbonyl (C=O) groups is 2. The molecule has 0 aliphatic carbocycles. The molecule has 1 N–H and O–H groups in total. The molecule has 1 atom stereocenters. The Bertz CT molecular complexity index is 864. The summed E-state index contributed by atoms with van der Waals surface area (Å²) < 4.78 is 6.29. The molecule has 0 spiro atoms. The van der Waals surface area contributed by atoms with Crippen molar-refractivity contribution in [3.05, 3.63) is 72.1 Å². The molecule has 3 aromatic rings. The molecule has 0 saturated carbocycles. The number of benzene rings is 2. The fourth-order valence-corrected chi connectivity index (χ4v) is 2.47. The number of aromatic nitrogens is 4. The van der Waals surface area contributed by atoms with Crippen molar-refractivity contribution in [1.82, 2.24) is 25.5 Å². The van der Waals surface area contributed by atoms with Crippen LogP contribution in [-0.4, -0.2) is 45.2 Å². The Balaban J connectivity index is 1.71. The standard InChI is InChI=1S/C18H17N5O3/c1-26-18(25)16(11-13-5-3-2-4-6-13)20-17(24)14-7-9-15(10-8-14)23-12-19-21-22-23/h2-10,12,16H,11H2,1H3,(H,20,24)/t16-/m1/s1. The highest BCUT2D eigenvalue weighted by Gasteiger charge is 2.22. The third kappa shape index (κ3) is 4.10. The minimum Gasteiger partial charge on any atom is -0.467 e. The Morgan fingerprint density at radius 3 is 2.46 bits per heavy atom. The van der Waals surface area contributed by atoms with E-state index in [1.54, 1.807) is 24.3 Å². The minimum absolute atomic E-state index is 0.349. The zero-order chi connectivity index (χ0) is 18.4. The summed E-state index contributed by atoms with van der Waals surface area (Å²) in [5.41, 5.74) is 2.07. The van der Waals surface area contributed by atoms with Crippen molar-refractivity contribution in [2.45, 2.75) is 12.5 Å². The second-order valence-electron chi connectivity index (χ2n) is 5.54. The average Bonchev–Trinajstić information content (AvgIpc) is 3.22. The Morgan fingerprint density at radius 1 is 1.12 bits per heavy atom. The van der Waals surface area contributed by atoms with E-state index in [-0.39, 0.29) is 5.91 Å². The van der Waals surface area contributed by atoms with Crippen molar-refractivity contribution >= 4 is 11.9 Å². The first-order chi connectivity index (χ1) is 12.7. The molecule has 2 aromatic carbocycles. The van der Waals surface area contributed by atoms with E-state index >= 15 is 0 Å². The lowest BCUT2D eigenvalue weighted by atomic mass is 10.1. The van der Waals surface area contributed by atoms with Gasteiger partial charge in [-0.15, -0.1) is 5.10 Å². The van der Waals surface area contributed by atoms with Crippen molar-refractivity contribution in [3.8, 4) is 5.69 Å². The highest BCUT2D eigenvalue weighted by atomic mass is 16.5. The summed E-state index contributed by atoms with van der Waals surface area (Å²) in [5, 5.41) is 13.6. The van der Waals surface area contributed by atoms with Gasteiger partial charge >= 0.3 is 5.97 Å². The number of esters is 1. The molecule has 0 aliphatic rings. The van der Waals surface area contributed by atoms with Crippen LogP contribution in [-0.2, 0) is 16.0 Å². The van der Waals surface area contributed by atoms with Crippen LogP contribution in [0.25, 0.3) is 5.69 Å². The zero-order valence-corrected chi connectivity index (χ0v) is 14.1. The monoisotopic (exact) mass is 351 g/mol. The Labute approximate surface area is 149 Å². The van der Waals surface area contributed by atoms with Gasteiger partial charge in [-0.25, -0.2) is 9.48 Å². The van der Waals surface area contributed by atoms with Crippen molar-refractivity contribution in [2.75, 3.05) is 7.11 Å². The first-order valence-electron chi connectivity index (χ1n) is 7.93. The molecule has 1 heterocycles. The van der Waals surface area contributed by atoms with E-state index in [0.717, 1.165) is 11.3 Å². The SMILES string of the molecule is COC(=O)[C@@H](Cc1ccccc1)NC(=O)c1ccc(-n2cnnn2)cc1. The Morgan fingerprint density at radius 2 is 1.85 bits per heavy atom. The van der Waals surface area contributed by atoms with Gasteiger partial charge in [0.15, 0.2) is 0 Å². The largest absolute Gasteiger partial charge is 0.467 e. The molecule has 0 saturated heterocycles. The van der Waals surface area contributed by atoms with Gasteiger partial charge in [0.2, 0.25) is 0 Å². The van der Waals surface area contributed by atoms with E-state index in [9.17, 15) is 9.59 Å². The van der Waals surface area contributed by atoms with Crippen molar-refractivity contribution in [1.29, 1.82) is 0 Å². The number of ether oxygens (including phenoxy) is 1. The van der Waals surface area contributed by atoms with Crippen molar-refractivity contribution < 1.29 is 14.3 Å². The third-order valence-electron chi connectivity index (χ3n) is 3.82. The molecule has 0 fully saturated rings. The lowest BCUT2D eigenvalue weighted by Crippen LogP contribution is -2.43. The number of hydrogen-bond acceptors (Lipinski definition) is 6. The van der Waals surface area contributed by atoms with Gasteiger partial charge in [-0.3, -0.25) is 4.79 Å². The molecule has 0 unspecified atom stereocenters. The molecule has 0 aliphatic heterocycles. The zero-order valence-electron chi connectivity index (χ0n) is 14.1. The van der Waals surface area contributed by atoms with E-state index in [1.807, 2.05) is 30.3 Å². The van der Waals surface area contributed by atoms with Crippen LogP contribution >= 0.6 is 0 Å². The third-order valence-corrected chi connectivity index (χ3v) is 3.82. The number of amides is 1. The Kier molecular flexibility index (Phi) is 5.33. The highest BCUT2D eigenvalue weighted by molar-refractivity contribution is 5.97.